The van der Waals surface area contributed by atoms with E-state index in [1.165, 1.54) is 35.6 Å². The summed E-state index contributed by atoms with van der Waals surface area (Å²) in [5, 5.41) is 16.7. The van der Waals surface area contributed by atoms with E-state index in [0.29, 0.717) is 16.5 Å². The van der Waals surface area contributed by atoms with Gasteiger partial charge in [-0.15, -0.1) is 11.3 Å². The molecule has 0 atom stereocenters. The molecule has 4 rings (SSSR count). The summed E-state index contributed by atoms with van der Waals surface area (Å²) in [4.78, 5) is 18.6. The number of pyridine rings is 1. The van der Waals surface area contributed by atoms with Crippen LogP contribution in [0.25, 0.3) is 11.4 Å². The van der Waals surface area contributed by atoms with Crippen LogP contribution in [-0.4, -0.2) is 23.3 Å². The normalized spacial score (nSPS) is 11.1. The Morgan fingerprint density at radius 2 is 1.81 bits per heavy atom. The molecule has 1 N–H and O–H groups in total. The van der Waals surface area contributed by atoms with Gasteiger partial charge in [0.2, 0.25) is 0 Å². The number of aromatic nitrogens is 2. The zero-order valence-corrected chi connectivity index (χ0v) is 17.3. The van der Waals surface area contributed by atoms with Gasteiger partial charge >= 0.3 is 10.1 Å². The zero-order valence-electron chi connectivity index (χ0n) is 15.7. The molecule has 0 unspecified atom stereocenters. The van der Waals surface area contributed by atoms with Gasteiger partial charge in [-0.3, -0.25) is 15.1 Å². The monoisotopic (exact) mass is 454 g/mol. The van der Waals surface area contributed by atoms with Gasteiger partial charge in [-0.1, -0.05) is 24.3 Å². The molecule has 31 heavy (non-hydrogen) atoms. The number of benzene rings is 2. The fraction of sp³-hybridized carbons (Fsp3) is 0. The lowest BCUT2D eigenvalue weighted by molar-refractivity contribution is -0.387. The SMILES string of the molecule is O=[N+]([O-])c1ccccc1S(=O)(=O)Oc1cccc(Nc2nc(-c3ccccn3)cs2)c1. The van der Waals surface area contributed by atoms with Crippen molar-refractivity contribution >= 4 is 38.0 Å². The van der Waals surface area contributed by atoms with E-state index in [-0.39, 0.29) is 5.75 Å². The summed E-state index contributed by atoms with van der Waals surface area (Å²) in [6.45, 7) is 0. The Morgan fingerprint density at radius 3 is 2.58 bits per heavy atom. The molecule has 0 aliphatic heterocycles. The molecule has 2 heterocycles. The largest absolute Gasteiger partial charge is 0.379 e. The minimum Gasteiger partial charge on any atom is -0.379 e. The van der Waals surface area contributed by atoms with E-state index in [0.717, 1.165) is 17.8 Å². The first kappa shape index (κ1) is 20.4. The summed E-state index contributed by atoms with van der Waals surface area (Å²) in [5.41, 5.74) is 1.43. The number of thiazole rings is 1. The van der Waals surface area contributed by atoms with Crippen LogP contribution < -0.4 is 9.50 Å². The average molecular weight is 454 g/mol. The highest BCUT2D eigenvalue weighted by molar-refractivity contribution is 7.87. The van der Waals surface area contributed by atoms with Gasteiger partial charge in [0.15, 0.2) is 10.0 Å². The molecule has 0 saturated heterocycles. The van der Waals surface area contributed by atoms with Gasteiger partial charge < -0.3 is 9.50 Å². The van der Waals surface area contributed by atoms with Crippen LogP contribution in [0.15, 0.2) is 83.2 Å². The minimum absolute atomic E-state index is 0.00431. The fourth-order valence-electron chi connectivity index (χ4n) is 2.70. The molecule has 0 aliphatic carbocycles. The fourth-order valence-corrected chi connectivity index (χ4v) is 4.52. The molecule has 0 amide bonds. The summed E-state index contributed by atoms with van der Waals surface area (Å²) in [6.07, 6.45) is 1.68. The van der Waals surface area contributed by atoms with E-state index >= 15 is 0 Å². The van der Waals surface area contributed by atoms with E-state index in [1.807, 2.05) is 23.6 Å². The van der Waals surface area contributed by atoms with Crippen LogP contribution in [-0.2, 0) is 10.1 Å². The van der Waals surface area contributed by atoms with Gasteiger partial charge in [0.1, 0.15) is 11.4 Å². The predicted molar refractivity (Wildman–Crippen MR) is 116 cm³/mol. The van der Waals surface area contributed by atoms with Crippen molar-refractivity contribution in [3.05, 3.63) is 88.4 Å². The summed E-state index contributed by atoms with van der Waals surface area (Å²) in [6, 6.07) is 16.8. The quantitative estimate of drug-likeness (QED) is 0.244. The molecule has 4 aromatic rings. The zero-order chi connectivity index (χ0) is 21.8. The van der Waals surface area contributed by atoms with E-state index in [1.54, 1.807) is 18.3 Å². The summed E-state index contributed by atoms with van der Waals surface area (Å²) in [7, 11) is -4.40. The number of para-hydroxylation sites is 1. The Morgan fingerprint density at radius 1 is 1.00 bits per heavy atom. The summed E-state index contributed by atoms with van der Waals surface area (Å²) < 4.78 is 30.3. The lowest BCUT2D eigenvalue weighted by atomic mass is 10.3. The van der Waals surface area contributed by atoms with Crippen LogP contribution >= 0.6 is 11.3 Å². The van der Waals surface area contributed by atoms with Gasteiger partial charge in [0.25, 0.3) is 5.69 Å². The second-order valence-corrected chi connectivity index (χ2v) is 8.54. The Bertz CT molecular complexity index is 1340. The Kier molecular flexibility index (Phi) is 5.60. The predicted octanol–water partition coefficient (Wildman–Crippen LogP) is 4.62. The maximum atomic E-state index is 12.6. The third kappa shape index (κ3) is 4.68. The summed E-state index contributed by atoms with van der Waals surface area (Å²) in [5.74, 6) is 0.00431. The molecule has 11 heteroatoms. The number of rotatable bonds is 7. The highest BCUT2D eigenvalue weighted by Crippen LogP contribution is 2.30. The standard InChI is InChI=1S/C20H14N4O5S2/c25-24(26)18-9-1-2-10-19(18)31(27,28)29-15-7-5-6-14(12-15)22-20-23-17(13-30-20)16-8-3-4-11-21-16/h1-13H,(H,22,23). The number of hydrogen-bond donors (Lipinski definition) is 1. The van der Waals surface area contributed by atoms with Crippen molar-refractivity contribution in [2.45, 2.75) is 4.90 Å². The maximum absolute atomic E-state index is 12.6. The molecular weight excluding hydrogens is 440 g/mol. The lowest BCUT2D eigenvalue weighted by Crippen LogP contribution is -2.12. The number of hydrogen-bond acceptors (Lipinski definition) is 9. The topological polar surface area (TPSA) is 124 Å². The van der Waals surface area contributed by atoms with Crippen LogP contribution in [0.3, 0.4) is 0 Å². The molecule has 0 radical (unpaired) electrons. The van der Waals surface area contributed by atoms with E-state index in [9.17, 15) is 18.5 Å². The molecule has 0 spiro atoms. The van der Waals surface area contributed by atoms with Gasteiger partial charge in [-0.2, -0.15) is 8.42 Å². The number of nitrogens with one attached hydrogen (secondary N) is 1. The molecular formula is C20H14N4O5S2. The molecule has 0 fully saturated rings. The highest BCUT2D eigenvalue weighted by Gasteiger charge is 2.27. The van der Waals surface area contributed by atoms with Crippen molar-refractivity contribution in [1.29, 1.82) is 0 Å². The van der Waals surface area contributed by atoms with Crippen molar-refractivity contribution in [1.82, 2.24) is 9.97 Å². The second-order valence-electron chi connectivity index (χ2n) is 6.17. The third-order valence-electron chi connectivity index (χ3n) is 4.05. The first-order valence-electron chi connectivity index (χ1n) is 8.84. The van der Waals surface area contributed by atoms with Crippen molar-refractivity contribution in [3.8, 4) is 17.1 Å². The molecule has 0 bridgehead atoms. The Balaban J connectivity index is 1.54. The van der Waals surface area contributed by atoms with Crippen molar-refractivity contribution in [3.63, 3.8) is 0 Å². The maximum Gasteiger partial charge on any atom is 0.346 e. The Labute approximate surface area is 181 Å². The average Bonchev–Trinajstić information content (AvgIpc) is 3.23. The number of nitro groups is 1. The van der Waals surface area contributed by atoms with E-state index in [2.05, 4.69) is 15.3 Å². The Hall–Kier alpha value is -3.83. The number of anilines is 2. The highest BCUT2D eigenvalue weighted by atomic mass is 32.2. The van der Waals surface area contributed by atoms with E-state index < -0.39 is 25.6 Å². The first-order valence-corrected chi connectivity index (χ1v) is 11.1. The number of nitrogens with zero attached hydrogens (tertiary/aromatic N) is 3. The van der Waals surface area contributed by atoms with Crippen LogP contribution in [0.5, 0.6) is 5.75 Å². The van der Waals surface area contributed by atoms with Crippen molar-refractivity contribution < 1.29 is 17.5 Å². The van der Waals surface area contributed by atoms with E-state index in [4.69, 9.17) is 4.18 Å². The second kappa shape index (κ2) is 8.50. The van der Waals surface area contributed by atoms with Crippen molar-refractivity contribution in [2.24, 2.45) is 0 Å². The van der Waals surface area contributed by atoms with Crippen LogP contribution in [0.4, 0.5) is 16.5 Å². The van der Waals surface area contributed by atoms with Crippen molar-refractivity contribution in [2.75, 3.05) is 5.32 Å². The molecule has 9 nitrogen and oxygen atoms in total. The molecule has 0 saturated carbocycles. The minimum atomic E-state index is -4.40. The van der Waals surface area contributed by atoms with Gasteiger partial charge in [-0.25, -0.2) is 4.98 Å². The smallest absolute Gasteiger partial charge is 0.346 e. The lowest BCUT2D eigenvalue weighted by Gasteiger charge is -2.09. The van der Waals surface area contributed by atoms with Crippen LogP contribution in [0.1, 0.15) is 0 Å². The first-order chi connectivity index (χ1) is 14.9. The van der Waals surface area contributed by atoms with Gasteiger partial charge in [0.05, 0.1) is 10.6 Å². The molecule has 2 aromatic heterocycles. The van der Waals surface area contributed by atoms with Crippen LogP contribution in [0.2, 0.25) is 0 Å². The molecule has 156 valence electrons. The van der Waals surface area contributed by atoms with Gasteiger partial charge in [-0.05, 0) is 30.3 Å². The molecule has 2 aromatic carbocycles. The third-order valence-corrected chi connectivity index (χ3v) is 6.11. The summed E-state index contributed by atoms with van der Waals surface area (Å²) >= 11 is 1.36. The number of nitro benzene ring substituents is 1. The molecule has 0 aliphatic rings. The van der Waals surface area contributed by atoms with Gasteiger partial charge in [0, 0.05) is 29.4 Å². The van der Waals surface area contributed by atoms with Crippen LogP contribution in [0, 0.1) is 10.1 Å².